The summed E-state index contributed by atoms with van der Waals surface area (Å²) in [4.78, 5) is 16.9. The van der Waals surface area contributed by atoms with Gasteiger partial charge >= 0.3 is 0 Å². The van der Waals surface area contributed by atoms with Crippen LogP contribution in [-0.4, -0.2) is 51.7 Å². The van der Waals surface area contributed by atoms with Crippen molar-refractivity contribution < 1.29 is 19.0 Å². The van der Waals surface area contributed by atoms with Crippen molar-refractivity contribution in [1.29, 1.82) is 0 Å². The smallest absolute Gasteiger partial charge is 0.251 e. The predicted octanol–water partition coefficient (Wildman–Crippen LogP) is 2.36. The van der Waals surface area contributed by atoms with Gasteiger partial charge in [-0.2, -0.15) is 5.10 Å². The molecule has 0 aliphatic carbocycles. The van der Waals surface area contributed by atoms with E-state index in [0.717, 1.165) is 11.2 Å². The zero-order chi connectivity index (χ0) is 22.5. The summed E-state index contributed by atoms with van der Waals surface area (Å²) in [6, 6.07) is 12.2. The van der Waals surface area contributed by atoms with Crippen molar-refractivity contribution in [3.05, 3.63) is 59.5 Å². The molecular formula is C23H27N5O4. The average molecular weight is 438 g/mol. The Morgan fingerprint density at radius 1 is 1.19 bits per heavy atom. The summed E-state index contributed by atoms with van der Waals surface area (Å²) in [5, 5.41) is 10.5. The van der Waals surface area contributed by atoms with E-state index in [-0.39, 0.29) is 5.91 Å². The summed E-state index contributed by atoms with van der Waals surface area (Å²) in [5.74, 6) is -0.319. The monoisotopic (exact) mass is 437 g/mol. The molecule has 9 nitrogen and oxygen atoms in total. The van der Waals surface area contributed by atoms with Crippen LogP contribution in [0.2, 0.25) is 0 Å². The van der Waals surface area contributed by atoms with Gasteiger partial charge in [-0.1, -0.05) is 29.8 Å². The lowest BCUT2D eigenvalue weighted by Crippen LogP contribution is -2.41. The second kappa shape index (κ2) is 7.84. The van der Waals surface area contributed by atoms with Gasteiger partial charge in [0.15, 0.2) is 17.7 Å². The summed E-state index contributed by atoms with van der Waals surface area (Å²) >= 11 is 0. The van der Waals surface area contributed by atoms with Crippen LogP contribution in [-0.2, 0) is 25.5 Å². The van der Waals surface area contributed by atoms with Gasteiger partial charge in [0.1, 0.15) is 30.2 Å². The fourth-order valence-electron chi connectivity index (χ4n) is 4.50. The summed E-state index contributed by atoms with van der Waals surface area (Å²) in [7, 11) is 1.58. The Bertz CT molecular complexity index is 1160. The van der Waals surface area contributed by atoms with E-state index < -0.39 is 30.2 Å². The molecule has 0 spiro atoms. The summed E-state index contributed by atoms with van der Waals surface area (Å²) in [6.07, 6.45) is -0.687. The molecular weight excluding hydrogens is 410 g/mol. The number of hydrogen-bond acceptors (Lipinski definition) is 7. The third-order valence-corrected chi connectivity index (χ3v) is 5.87. The van der Waals surface area contributed by atoms with Gasteiger partial charge < -0.3 is 24.8 Å². The number of nitrogens with zero attached hydrogens (tertiary/aromatic N) is 3. The van der Waals surface area contributed by atoms with Crippen LogP contribution in [0.4, 0.5) is 5.82 Å². The number of ether oxygens (including phenoxy) is 3. The maximum absolute atomic E-state index is 12.4. The van der Waals surface area contributed by atoms with Gasteiger partial charge in [-0.05, 0) is 38.5 Å². The largest absolute Gasteiger partial charge is 0.364 e. The Labute approximate surface area is 186 Å². The first-order valence-electron chi connectivity index (χ1n) is 10.7. The third kappa shape index (κ3) is 3.62. The topological polar surface area (TPSA) is 99.0 Å². The fraction of sp³-hybridized carbons (Fsp3) is 0.435. The molecule has 2 N–H and O–H groups in total. The van der Waals surface area contributed by atoms with Crippen molar-refractivity contribution in [3.63, 3.8) is 0 Å². The number of aromatic nitrogens is 3. The minimum Gasteiger partial charge on any atom is -0.364 e. The van der Waals surface area contributed by atoms with Crippen LogP contribution in [0.1, 0.15) is 36.8 Å². The van der Waals surface area contributed by atoms with Crippen molar-refractivity contribution in [2.24, 2.45) is 0 Å². The van der Waals surface area contributed by atoms with Crippen LogP contribution in [0.5, 0.6) is 0 Å². The number of aryl methyl sites for hydroxylation is 1. The molecule has 4 unspecified atom stereocenters. The Balaban J connectivity index is 1.45. The molecule has 2 saturated heterocycles. The van der Waals surface area contributed by atoms with Crippen LogP contribution in [0, 0.1) is 6.92 Å². The number of rotatable bonds is 5. The summed E-state index contributed by atoms with van der Waals surface area (Å²) in [5.41, 5.74) is 3.98. The molecule has 2 aromatic heterocycles. The standard InChI is InChI=1S/C23H27N5O4/c1-13-6-5-7-14(10-13)11-25-21-16-9-8-15(28(16)27-12-26-21)17-18-19(32-23(2,3)31-18)20(30-17)22(29)24-4/h5-10,12,17-20H,11H2,1-4H3,(H,24,29)(H,25,26,27). The highest BCUT2D eigenvalue weighted by molar-refractivity contribution is 5.81. The zero-order valence-electron chi connectivity index (χ0n) is 18.5. The maximum Gasteiger partial charge on any atom is 0.251 e. The number of carbonyl (C=O) groups is 1. The van der Waals surface area contributed by atoms with E-state index in [1.165, 1.54) is 17.5 Å². The average Bonchev–Trinajstić information content (AvgIpc) is 3.42. The number of fused-ring (bicyclic) bond motifs is 2. The van der Waals surface area contributed by atoms with E-state index >= 15 is 0 Å². The molecule has 3 aromatic rings. The minimum atomic E-state index is -0.799. The van der Waals surface area contributed by atoms with Gasteiger partial charge in [-0.15, -0.1) is 0 Å². The Hall–Kier alpha value is -3.01. The van der Waals surface area contributed by atoms with E-state index in [1.54, 1.807) is 11.6 Å². The van der Waals surface area contributed by atoms with Crippen molar-refractivity contribution in [1.82, 2.24) is 19.9 Å². The molecule has 0 saturated carbocycles. The van der Waals surface area contributed by atoms with E-state index in [1.807, 2.05) is 32.0 Å². The molecule has 2 aliphatic rings. The van der Waals surface area contributed by atoms with E-state index in [4.69, 9.17) is 14.2 Å². The molecule has 168 valence electrons. The molecule has 1 aromatic carbocycles. The van der Waals surface area contributed by atoms with Gasteiger partial charge in [0.2, 0.25) is 0 Å². The lowest BCUT2D eigenvalue weighted by molar-refractivity contribution is -0.190. The van der Waals surface area contributed by atoms with E-state index in [2.05, 4.69) is 45.8 Å². The Kier molecular flexibility index (Phi) is 5.11. The summed E-state index contributed by atoms with van der Waals surface area (Å²) in [6.45, 7) is 6.40. The number of carbonyl (C=O) groups excluding carboxylic acids is 1. The first kappa shape index (κ1) is 20.9. The van der Waals surface area contributed by atoms with Crippen LogP contribution in [0.15, 0.2) is 42.7 Å². The molecule has 4 heterocycles. The maximum atomic E-state index is 12.4. The SMILES string of the molecule is CNC(=O)C1OC(c2ccc3c(NCc4cccc(C)c4)ncnn23)C2OC(C)(C)OC12. The lowest BCUT2D eigenvalue weighted by atomic mass is 10.1. The molecule has 1 amide bonds. The van der Waals surface area contributed by atoms with Crippen LogP contribution in [0.3, 0.4) is 0 Å². The molecule has 32 heavy (non-hydrogen) atoms. The van der Waals surface area contributed by atoms with Crippen molar-refractivity contribution >= 4 is 17.2 Å². The van der Waals surface area contributed by atoms with Crippen molar-refractivity contribution in [2.75, 3.05) is 12.4 Å². The van der Waals surface area contributed by atoms with Gasteiger partial charge in [0.05, 0.1) is 5.69 Å². The fourth-order valence-corrected chi connectivity index (χ4v) is 4.50. The van der Waals surface area contributed by atoms with Gasteiger partial charge in [0.25, 0.3) is 5.91 Å². The van der Waals surface area contributed by atoms with E-state index in [0.29, 0.717) is 12.4 Å². The molecule has 2 fully saturated rings. The molecule has 0 radical (unpaired) electrons. The van der Waals surface area contributed by atoms with E-state index in [9.17, 15) is 4.79 Å². The third-order valence-electron chi connectivity index (χ3n) is 5.87. The molecule has 4 atom stereocenters. The first-order valence-corrected chi connectivity index (χ1v) is 10.7. The number of likely N-dealkylation sites (N-methyl/N-ethyl adjacent to an activating group) is 1. The highest BCUT2D eigenvalue weighted by Crippen LogP contribution is 2.45. The molecule has 0 bridgehead atoms. The second-order valence-corrected chi connectivity index (χ2v) is 8.66. The first-order chi connectivity index (χ1) is 15.4. The van der Waals surface area contributed by atoms with Gasteiger partial charge in [-0.3, -0.25) is 4.79 Å². The molecule has 9 heteroatoms. The van der Waals surface area contributed by atoms with Crippen LogP contribution >= 0.6 is 0 Å². The van der Waals surface area contributed by atoms with Gasteiger partial charge in [0, 0.05) is 13.6 Å². The van der Waals surface area contributed by atoms with Crippen molar-refractivity contribution in [2.45, 2.75) is 57.5 Å². The normalized spacial score (nSPS) is 26.2. The summed E-state index contributed by atoms with van der Waals surface area (Å²) < 4.78 is 20.1. The molecule has 5 rings (SSSR count). The Morgan fingerprint density at radius 3 is 2.78 bits per heavy atom. The van der Waals surface area contributed by atoms with Crippen LogP contribution < -0.4 is 10.6 Å². The number of anilines is 1. The second-order valence-electron chi connectivity index (χ2n) is 8.66. The minimum absolute atomic E-state index is 0.236. The molecule has 2 aliphatic heterocycles. The lowest BCUT2D eigenvalue weighted by Gasteiger charge is -2.23. The zero-order valence-corrected chi connectivity index (χ0v) is 18.5. The number of hydrogen-bond donors (Lipinski definition) is 2. The van der Waals surface area contributed by atoms with Crippen LogP contribution in [0.25, 0.3) is 5.52 Å². The number of benzene rings is 1. The Morgan fingerprint density at radius 2 is 2.00 bits per heavy atom. The number of amides is 1. The highest BCUT2D eigenvalue weighted by Gasteiger charge is 2.58. The quantitative estimate of drug-likeness (QED) is 0.632. The van der Waals surface area contributed by atoms with Crippen molar-refractivity contribution in [3.8, 4) is 0 Å². The highest BCUT2D eigenvalue weighted by atomic mass is 16.8. The van der Waals surface area contributed by atoms with Gasteiger partial charge in [-0.25, -0.2) is 9.50 Å². The number of nitrogens with one attached hydrogen (secondary N) is 2. The predicted molar refractivity (Wildman–Crippen MR) is 117 cm³/mol.